The Labute approximate surface area is 153 Å². The van der Waals surface area contributed by atoms with E-state index in [1.54, 1.807) is 0 Å². The van der Waals surface area contributed by atoms with Gasteiger partial charge in [-0.05, 0) is 61.3 Å². The van der Waals surface area contributed by atoms with Gasteiger partial charge in [0.1, 0.15) is 12.7 Å². The van der Waals surface area contributed by atoms with Crippen molar-refractivity contribution in [3.63, 3.8) is 0 Å². The molecule has 0 aromatic heterocycles. The summed E-state index contributed by atoms with van der Waals surface area (Å²) in [5, 5.41) is 19.4. The predicted octanol–water partition coefficient (Wildman–Crippen LogP) is 3.04. The first-order valence-electron chi connectivity index (χ1n) is 8.96. The zero-order valence-corrected chi connectivity index (χ0v) is 15.7. The van der Waals surface area contributed by atoms with Crippen molar-refractivity contribution in [1.29, 1.82) is 0 Å². The zero-order chi connectivity index (χ0) is 19.6. The lowest BCUT2D eigenvalue weighted by Gasteiger charge is -2.54. The Morgan fingerprint density at radius 1 is 1.19 bits per heavy atom. The summed E-state index contributed by atoms with van der Waals surface area (Å²) in [6.45, 7) is 6.70. The van der Waals surface area contributed by atoms with Crippen molar-refractivity contribution < 1.29 is 19.8 Å². The van der Waals surface area contributed by atoms with E-state index in [-0.39, 0.29) is 22.7 Å². The molecule has 26 heavy (non-hydrogen) atoms. The molecule has 0 saturated heterocycles. The summed E-state index contributed by atoms with van der Waals surface area (Å²) < 4.78 is 0. The maximum absolute atomic E-state index is 10.8. The van der Waals surface area contributed by atoms with E-state index in [1.165, 1.54) is 5.57 Å². The number of hydrogen-bond acceptors (Lipinski definition) is 7. The van der Waals surface area contributed by atoms with Gasteiger partial charge in [0.25, 0.3) is 10.2 Å². The van der Waals surface area contributed by atoms with Gasteiger partial charge in [-0.2, -0.15) is 0 Å². The van der Waals surface area contributed by atoms with Crippen LogP contribution in [-0.4, -0.2) is 29.4 Å². The fourth-order valence-corrected chi connectivity index (χ4v) is 5.54. The summed E-state index contributed by atoms with van der Waals surface area (Å²) in [6.07, 6.45) is 6.28. The van der Waals surface area contributed by atoms with Crippen LogP contribution in [0.2, 0.25) is 0 Å². The lowest BCUT2D eigenvalue weighted by Crippen LogP contribution is -2.44. The quantitative estimate of drug-likeness (QED) is 0.374. The lowest BCUT2D eigenvalue weighted by atomic mass is 9.52. The summed E-state index contributed by atoms with van der Waals surface area (Å²) in [5.74, 6) is 0. The van der Waals surface area contributed by atoms with E-state index in [2.05, 4.69) is 29.6 Å². The molecule has 2 aliphatic carbocycles. The molecule has 1 fully saturated rings. The monoisotopic (exact) mass is 371 g/mol. The molecule has 0 heterocycles. The van der Waals surface area contributed by atoms with Gasteiger partial charge in [0.2, 0.25) is 0 Å². The number of fused-ring (bicyclic) bond motifs is 2. The molecule has 0 spiro atoms. The maximum Gasteiger partial charge on any atom is 0.294 e. The predicted molar refractivity (Wildman–Crippen MR) is 94.0 cm³/mol. The van der Waals surface area contributed by atoms with Gasteiger partial charge < -0.3 is 15.4 Å². The van der Waals surface area contributed by atoms with E-state index in [4.69, 9.17) is 5.73 Å². The third kappa shape index (κ3) is 5.30. The van der Waals surface area contributed by atoms with Crippen LogP contribution in [0.15, 0.2) is 11.6 Å². The second-order valence-corrected chi connectivity index (χ2v) is 9.04. The molecule has 1 saturated carbocycles. The molecule has 2 rings (SSSR count). The Kier molecular flexibility index (Phi) is 5.79. The third-order valence-corrected chi connectivity index (χ3v) is 5.46. The highest BCUT2D eigenvalue weighted by molar-refractivity contribution is 5.23. The minimum absolute atomic E-state index is 0.0679. The van der Waals surface area contributed by atoms with Crippen LogP contribution in [0.1, 0.15) is 59.3 Å². The molecule has 0 radical (unpaired) electrons. The van der Waals surface area contributed by atoms with E-state index < -0.39 is 22.9 Å². The molecule has 148 valence electrons. The van der Waals surface area contributed by atoms with Crippen molar-refractivity contribution in [1.82, 2.24) is 0 Å². The van der Waals surface area contributed by atoms with Crippen LogP contribution in [-0.2, 0) is 9.68 Å². The smallest absolute Gasteiger partial charge is 0.294 e. The Bertz CT molecular complexity index is 593. The fraction of sp³-hybridized carbons (Fsp3) is 0.882. The zero-order valence-electron chi connectivity index (χ0n) is 15.7. The number of hydrogen-bond donors (Lipinski definition) is 1. The summed E-state index contributed by atoms with van der Waals surface area (Å²) in [4.78, 5) is 30.2. The first kappa shape index (κ1) is 20.4. The van der Waals surface area contributed by atoms with Crippen molar-refractivity contribution in [3.05, 3.63) is 31.9 Å². The van der Waals surface area contributed by atoms with Gasteiger partial charge in [-0.1, -0.05) is 32.4 Å². The molecule has 2 aliphatic rings. The minimum atomic E-state index is -0.987. The molecule has 0 amide bonds. The van der Waals surface area contributed by atoms with Crippen LogP contribution >= 0.6 is 0 Å². The Balaban J connectivity index is 2.23. The van der Waals surface area contributed by atoms with Crippen LogP contribution in [0.25, 0.3) is 0 Å². The number of nitrogens with zero attached hydrogens (tertiary/aromatic N) is 2. The van der Waals surface area contributed by atoms with Gasteiger partial charge in [-0.3, -0.25) is 0 Å². The van der Waals surface area contributed by atoms with Crippen molar-refractivity contribution in [2.24, 2.45) is 22.0 Å². The third-order valence-electron chi connectivity index (χ3n) is 5.46. The minimum Gasteiger partial charge on any atom is -0.330 e. The molecule has 9 heteroatoms. The molecule has 0 aromatic rings. The van der Waals surface area contributed by atoms with Crippen LogP contribution in [0, 0.1) is 36.5 Å². The molecule has 0 aromatic carbocycles. The highest BCUT2D eigenvalue weighted by atomic mass is 17.0. The summed E-state index contributed by atoms with van der Waals surface area (Å²) >= 11 is 0. The molecule has 0 aliphatic heterocycles. The molecule has 2 bridgehead atoms. The molecule has 9 nitrogen and oxygen atoms in total. The van der Waals surface area contributed by atoms with Gasteiger partial charge in [-0.25, -0.2) is 0 Å². The topological polar surface area (TPSA) is 131 Å². The van der Waals surface area contributed by atoms with Gasteiger partial charge in [-0.15, -0.1) is 20.2 Å². The van der Waals surface area contributed by atoms with Crippen molar-refractivity contribution >= 4 is 0 Å². The molecule has 3 atom stereocenters. The number of rotatable bonds is 9. The highest BCUT2D eigenvalue weighted by Crippen LogP contribution is 2.59. The Morgan fingerprint density at radius 3 is 2.46 bits per heavy atom. The summed E-state index contributed by atoms with van der Waals surface area (Å²) in [6, 6.07) is 0. The Hall–Kier alpha value is -1.90. The van der Waals surface area contributed by atoms with E-state index in [0.717, 1.165) is 32.1 Å². The van der Waals surface area contributed by atoms with Gasteiger partial charge >= 0.3 is 0 Å². The van der Waals surface area contributed by atoms with Crippen LogP contribution in [0.5, 0.6) is 0 Å². The second-order valence-electron chi connectivity index (χ2n) is 9.04. The van der Waals surface area contributed by atoms with Crippen LogP contribution in [0.4, 0.5) is 0 Å². The van der Waals surface area contributed by atoms with Crippen molar-refractivity contribution in [2.75, 3.05) is 13.2 Å². The molecule has 2 N–H and O–H groups in total. The van der Waals surface area contributed by atoms with Crippen LogP contribution < -0.4 is 5.73 Å². The van der Waals surface area contributed by atoms with Crippen molar-refractivity contribution in [2.45, 2.75) is 65.4 Å². The molecular weight excluding hydrogens is 342 g/mol. The summed E-state index contributed by atoms with van der Waals surface area (Å²) in [5.41, 5.74) is 7.15. The van der Waals surface area contributed by atoms with Gasteiger partial charge in [0, 0.05) is 0 Å². The number of allylic oxidation sites excluding steroid dienone is 2. The van der Waals surface area contributed by atoms with Gasteiger partial charge in [0.15, 0.2) is 0 Å². The average molecular weight is 371 g/mol. The Morgan fingerprint density at radius 2 is 1.88 bits per heavy atom. The lowest BCUT2D eigenvalue weighted by molar-refractivity contribution is -0.790. The standard InChI is InChI=1S/C17H29N3O6/c1-15(2)6-13-7-16(3,12-17(8-13,11-15)4-5-18)9-14(26-20(23)24)10-25-19(21)22/h7,14H,4-6,8-12,18H2,1-3H3. The van der Waals surface area contributed by atoms with E-state index in [1.807, 2.05) is 6.92 Å². The second kappa shape index (κ2) is 7.38. The first-order chi connectivity index (χ1) is 12.0. The normalized spacial score (nSPS) is 30.8. The molecule has 3 unspecified atom stereocenters. The van der Waals surface area contributed by atoms with Crippen LogP contribution in [0.3, 0.4) is 0 Å². The average Bonchev–Trinajstić information content (AvgIpc) is 2.40. The van der Waals surface area contributed by atoms with E-state index in [9.17, 15) is 20.2 Å². The van der Waals surface area contributed by atoms with E-state index >= 15 is 0 Å². The number of nitrogens with two attached hydrogens (primary N) is 1. The molecular formula is C17H29N3O6. The van der Waals surface area contributed by atoms with Gasteiger partial charge in [0.05, 0.1) is 0 Å². The highest BCUT2D eigenvalue weighted by Gasteiger charge is 2.48. The SMILES string of the molecule is CC1(C)CC2=CC(C)(CC(CO[N+](=O)[O-])O[N+](=O)[O-])CC(CCN)(C2)C1. The fourth-order valence-electron chi connectivity index (χ4n) is 5.54. The largest absolute Gasteiger partial charge is 0.330 e. The summed E-state index contributed by atoms with van der Waals surface area (Å²) in [7, 11) is 0. The maximum atomic E-state index is 10.8. The van der Waals surface area contributed by atoms with Crippen molar-refractivity contribution in [3.8, 4) is 0 Å². The van der Waals surface area contributed by atoms with E-state index in [0.29, 0.717) is 6.54 Å². The first-order valence-corrected chi connectivity index (χ1v) is 8.96.